The topological polar surface area (TPSA) is 55.6 Å². The second kappa shape index (κ2) is 7.79. The van der Waals surface area contributed by atoms with Crippen molar-refractivity contribution < 1.29 is 22.7 Å². The van der Waals surface area contributed by atoms with E-state index in [0.717, 1.165) is 23.9 Å². The Morgan fingerprint density at radius 1 is 1.06 bits per heavy atom. The SMILES string of the molecule is COc1c(F)c(F)cc(C(=O)Nc2cc(-c3cn4ccc(C)cc4n3)ccc2C)c1F. The Labute approximate surface area is 176 Å². The molecular formula is C23H18F3N3O2. The number of fused-ring (bicyclic) bond motifs is 1. The van der Waals surface area contributed by atoms with Gasteiger partial charge in [0.05, 0.1) is 18.4 Å². The fourth-order valence-corrected chi connectivity index (χ4v) is 3.25. The lowest BCUT2D eigenvalue weighted by atomic mass is 10.1. The number of hydrogen-bond acceptors (Lipinski definition) is 3. The highest BCUT2D eigenvalue weighted by Gasteiger charge is 2.24. The second-order valence-corrected chi connectivity index (χ2v) is 7.15. The predicted molar refractivity (Wildman–Crippen MR) is 111 cm³/mol. The number of halogens is 3. The van der Waals surface area contributed by atoms with Gasteiger partial charge in [-0.3, -0.25) is 4.79 Å². The third-order valence-electron chi connectivity index (χ3n) is 4.96. The van der Waals surface area contributed by atoms with Crippen molar-refractivity contribution in [3.05, 3.63) is 82.9 Å². The maximum absolute atomic E-state index is 14.5. The molecule has 31 heavy (non-hydrogen) atoms. The molecule has 1 amide bonds. The van der Waals surface area contributed by atoms with E-state index < -0.39 is 34.7 Å². The Bertz CT molecular complexity index is 1330. The van der Waals surface area contributed by atoms with Crippen molar-refractivity contribution in [3.63, 3.8) is 0 Å². The van der Waals surface area contributed by atoms with Crippen LogP contribution in [0.2, 0.25) is 0 Å². The Balaban J connectivity index is 1.69. The van der Waals surface area contributed by atoms with Gasteiger partial charge in [0.25, 0.3) is 5.91 Å². The number of carbonyl (C=O) groups is 1. The summed E-state index contributed by atoms with van der Waals surface area (Å²) in [6, 6.07) is 9.73. The van der Waals surface area contributed by atoms with Crippen LogP contribution in [0.5, 0.6) is 5.75 Å². The quantitative estimate of drug-likeness (QED) is 0.452. The van der Waals surface area contributed by atoms with E-state index in [2.05, 4.69) is 15.0 Å². The third kappa shape index (κ3) is 3.72. The number of rotatable bonds is 4. The highest BCUT2D eigenvalue weighted by molar-refractivity contribution is 6.05. The summed E-state index contributed by atoms with van der Waals surface area (Å²) in [5, 5.41) is 2.56. The minimum Gasteiger partial charge on any atom is -0.491 e. The summed E-state index contributed by atoms with van der Waals surface area (Å²) >= 11 is 0. The predicted octanol–water partition coefficient (Wildman–Crippen LogP) is 5.30. The summed E-state index contributed by atoms with van der Waals surface area (Å²) in [4.78, 5) is 17.2. The van der Waals surface area contributed by atoms with Gasteiger partial charge in [0.15, 0.2) is 17.4 Å². The molecule has 1 N–H and O–H groups in total. The Kier molecular flexibility index (Phi) is 5.14. The molecule has 0 radical (unpaired) electrons. The lowest BCUT2D eigenvalue weighted by Gasteiger charge is -2.12. The largest absolute Gasteiger partial charge is 0.491 e. The van der Waals surface area contributed by atoms with Gasteiger partial charge in [0, 0.05) is 23.6 Å². The number of anilines is 1. The first-order valence-electron chi connectivity index (χ1n) is 9.37. The van der Waals surface area contributed by atoms with Gasteiger partial charge in [-0.2, -0.15) is 4.39 Å². The van der Waals surface area contributed by atoms with E-state index in [1.165, 1.54) is 0 Å². The second-order valence-electron chi connectivity index (χ2n) is 7.15. The summed E-state index contributed by atoms with van der Waals surface area (Å²) in [7, 11) is 0.993. The molecule has 0 spiro atoms. The van der Waals surface area contributed by atoms with Crippen LogP contribution in [0.4, 0.5) is 18.9 Å². The van der Waals surface area contributed by atoms with Crippen molar-refractivity contribution >= 4 is 17.2 Å². The molecule has 0 bridgehead atoms. The number of ether oxygens (including phenoxy) is 1. The highest BCUT2D eigenvalue weighted by atomic mass is 19.2. The number of aryl methyl sites for hydroxylation is 2. The lowest BCUT2D eigenvalue weighted by Crippen LogP contribution is -2.16. The van der Waals surface area contributed by atoms with Crippen LogP contribution in [-0.4, -0.2) is 22.4 Å². The number of benzene rings is 2. The number of nitrogens with one attached hydrogen (secondary N) is 1. The Morgan fingerprint density at radius 3 is 2.58 bits per heavy atom. The molecule has 0 atom stereocenters. The van der Waals surface area contributed by atoms with Gasteiger partial charge < -0.3 is 14.5 Å². The molecular weight excluding hydrogens is 407 g/mol. The van der Waals surface area contributed by atoms with Gasteiger partial charge in [-0.1, -0.05) is 12.1 Å². The molecule has 2 heterocycles. The molecule has 0 saturated carbocycles. The number of amides is 1. The van der Waals surface area contributed by atoms with Crippen molar-refractivity contribution in [3.8, 4) is 17.0 Å². The molecule has 0 saturated heterocycles. The summed E-state index contributed by atoms with van der Waals surface area (Å²) in [6.45, 7) is 3.73. The Morgan fingerprint density at radius 2 is 1.84 bits per heavy atom. The summed E-state index contributed by atoms with van der Waals surface area (Å²) in [6.07, 6.45) is 3.75. The van der Waals surface area contributed by atoms with Gasteiger partial charge in [0.2, 0.25) is 5.82 Å². The molecule has 4 rings (SSSR count). The smallest absolute Gasteiger partial charge is 0.258 e. The van der Waals surface area contributed by atoms with Crippen molar-refractivity contribution in [2.75, 3.05) is 12.4 Å². The number of nitrogens with zero attached hydrogens (tertiary/aromatic N) is 2. The van der Waals surface area contributed by atoms with E-state index in [4.69, 9.17) is 0 Å². The van der Waals surface area contributed by atoms with Gasteiger partial charge in [-0.05, 0) is 49.2 Å². The number of imidazole rings is 1. The van der Waals surface area contributed by atoms with Crippen LogP contribution in [-0.2, 0) is 0 Å². The van der Waals surface area contributed by atoms with E-state index in [1.807, 2.05) is 41.9 Å². The number of hydrogen-bond donors (Lipinski definition) is 1. The minimum atomic E-state index is -1.49. The van der Waals surface area contributed by atoms with Gasteiger partial charge in [0.1, 0.15) is 5.65 Å². The lowest BCUT2D eigenvalue weighted by molar-refractivity contribution is 0.102. The highest BCUT2D eigenvalue weighted by Crippen LogP contribution is 2.29. The van der Waals surface area contributed by atoms with E-state index in [0.29, 0.717) is 23.0 Å². The van der Waals surface area contributed by atoms with Gasteiger partial charge >= 0.3 is 0 Å². The average molecular weight is 425 g/mol. The van der Waals surface area contributed by atoms with Crippen molar-refractivity contribution in [2.24, 2.45) is 0 Å². The number of methoxy groups -OCH3 is 1. The fourth-order valence-electron chi connectivity index (χ4n) is 3.25. The number of pyridine rings is 1. The minimum absolute atomic E-state index is 0.388. The van der Waals surface area contributed by atoms with Crippen LogP contribution in [0, 0.1) is 31.3 Å². The van der Waals surface area contributed by atoms with Crippen LogP contribution in [0.3, 0.4) is 0 Å². The zero-order valence-electron chi connectivity index (χ0n) is 17.0. The zero-order chi connectivity index (χ0) is 22.3. The van der Waals surface area contributed by atoms with Crippen LogP contribution in [0.25, 0.3) is 16.9 Å². The molecule has 2 aromatic carbocycles. The van der Waals surface area contributed by atoms with Crippen LogP contribution in [0.1, 0.15) is 21.5 Å². The number of aromatic nitrogens is 2. The van der Waals surface area contributed by atoms with Crippen molar-refractivity contribution in [2.45, 2.75) is 13.8 Å². The van der Waals surface area contributed by atoms with E-state index >= 15 is 0 Å². The molecule has 2 aromatic heterocycles. The standard InChI is InChI=1S/C23H18F3N3O2/c1-12-6-7-29-11-18(27-19(29)8-12)14-5-4-13(2)17(9-14)28-23(30)15-10-16(24)21(26)22(31-3)20(15)25/h4-11H,1-3H3,(H,28,30). The first kappa shape index (κ1) is 20.5. The summed E-state index contributed by atoms with van der Waals surface area (Å²) in [5.74, 6) is -6.02. The van der Waals surface area contributed by atoms with E-state index in [1.54, 1.807) is 19.1 Å². The Hall–Kier alpha value is -3.81. The molecule has 4 aromatic rings. The molecule has 8 heteroatoms. The van der Waals surface area contributed by atoms with E-state index in [-0.39, 0.29) is 0 Å². The monoisotopic (exact) mass is 425 g/mol. The third-order valence-corrected chi connectivity index (χ3v) is 4.96. The number of carbonyl (C=O) groups excluding carboxylic acids is 1. The van der Waals surface area contributed by atoms with Crippen molar-refractivity contribution in [1.82, 2.24) is 9.38 Å². The van der Waals surface area contributed by atoms with Crippen LogP contribution in [0.15, 0.2) is 48.8 Å². The molecule has 0 aliphatic carbocycles. The fraction of sp³-hybridized carbons (Fsp3) is 0.130. The molecule has 0 unspecified atom stereocenters. The van der Waals surface area contributed by atoms with Crippen LogP contribution >= 0.6 is 0 Å². The van der Waals surface area contributed by atoms with Crippen molar-refractivity contribution in [1.29, 1.82) is 0 Å². The molecule has 0 aliphatic rings. The maximum Gasteiger partial charge on any atom is 0.258 e. The molecule has 5 nitrogen and oxygen atoms in total. The van der Waals surface area contributed by atoms with E-state index in [9.17, 15) is 18.0 Å². The first-order chi connectivity index (χ1) is 14.8. The summed E-state index contributed by atoms with van der Waals surface area (Å²) < 4.78 is 48.3. The average Bonchev–Trinajstić information content (AvgIpc) is 3.15. The molecule has 0 fully saturated rings. The molecule has 158 valence electrons. The molecule has 0 aliphatic heterocycles. The normalized spacial score (nSPS) is 11.0. The van der Waals surface area contributed by atoms with Gasteiger partial charge in [-0.25, -0.2) is 13.8 Å². The summed E-state index contributed by atoms with van der Waals surface area (Å²) in [5.41, 5.74) is 3.68. The van der Waals surface area contributed by atoms with Crippen LogP contribution < -0.4 is 10.1 Å². The zero-order valence-corrected chi connectivity index (χ0v) is 17.0. The maximum atomic E-state index is 14.5. The van der Waals surface area contributed by atoms with Gasteiger partial charge in [-0.15, -0.1) is 0 Å². The first-order valence-corrected chi connectivity index (χ1v) is 9.37.